The lowest BCUT2D eigenvalue weighted by Gasteiger charge is -2.32. The molecular weight excluding hydrogens is 461 g/mol. The van der Waals surface area contributed by atoms with Crippen molar-refractivity contribution in [3.63, 3.8) is 0 Å². The molecule has 0 bridgehead atoms. The van der Waals surface area contributed by atoms with Gasteiger partial charge in [0.2, 0.25) is 5.91 Å². The number of carbonyl (C=O) groups excluding carboxylic acids is 2. The van der Waals surface area contributed by atoms with Crippen LogP contribution in [0.3, 0.4) is 0 Å². The smallest absolute Gasteiger partial charge is 0.332 e. The highest BCUT2D eigenvalue weighted by molar-refractivity contribution is 8.00. The molecule has 11 heteroatoms. The summed E-state index contributed by atoms with van der Waals surface area (Å²) in [5, 5.41) is 12.7. The quantitative estimate of drug-likeness (QED) is 0.680. The molecule has 0 spiro atoms. The highest BCUT2D eigenvalue weighted by Crippen LogP contribution is 2.34. The van der Waals surface area contributed by atoms with E-state index in [1.807, 2.05) is 48.7 Å². The zero-order valence-electron chi connectivity index (χ0n) is 17.1. The number of hydrogen-bond donors (Lipinski definition) is 2. The summed E-state index contributed by atoms with van der Waals surface area (Å²) >= 11 is 2.45. The van der Waals surface area contributed by atoms with Gasteiger partial charge in [0, 0.05) is 6.42 Å². The van der Waals surface area contributed by atoms with Gasteiger partial charge in [0.15, 0.2) is 0 Å². The number of rotatable bonds is 5. The molecule has 2 aliphatic heterocycles. The summed E-state index contributed by atoms with van der Waals surface area (Å²) in [6.45, 7) is 1.98. The van der Waals surface area contributed by atoms with Crippen molar-refractivity contribution < 1.29 is 22.8 Å². The average Bonchev–Trinajstić information content (AvgIpc) is 3.41. The molecular formula is C21H21F3N4O2S2. The molecule has 1 fully saturated rings. The molecule has 32 heavy (non-hydrogen) atoms. The fourth-order valence-electron chi connectivity index (χ4n) is 3.57. The number of benzene rings is 1. The van der Waals surface area contributed by atoms with E-state index in [2.05, 4.69) is 15.7 Å². The van der Waals surface area contributed by atoms with Crippen LogP contribution in [0.5, 0.6) is 0 Å². The van der Waals surface area contributed by atoms with E-state index in [0.29, 0.717) is 6.42 Å². The van der Waals surface area contributed by atoms with Crippen molar-refractivity contribution in [1.82, 2.24) is 15.6 Å². The first kappa shape index (κ1) is 22.8. The van der Waals surface area contributed by atoms with E-state index in [1.54, 1.807) is 0 Å². The lowest BCUT2D eigenvalue weighted by atomic mass is 10.00. The number of alkyl halides is 3. The van der Waals surface area contributed by atoms with E-state index < -0.39 is 30.0 Å². The van der Waals surface area contributed by atoms with E-state index in [4.69, 9.17) is 0 Å². The van der Waals surface area contributed by atoms with Gasteiger partial charge >= 0.3 is 6.18 Å². The Morgan fingerprint density at radius 2 is 2.00 bits per heavy atom. The average molecular weight is 483 g/mol. The van der Waals surface area contributed by atoms with Gasteiger partial charge in [-0.3, -0.25) is 14.9 Å². The monoisotopic (exact) mass is 482 g/mol. The Morgan fingerprint density at radius 3 is 2.66 bits per heavy atom. The molecule has 2 aromatic rings. The van der Waals surface area contributed by atoms with E-state index in [9.17, 15) is 22.8 Å². The molecule has 4 rings (SSSR count). The number of thiophene rings is 1. The zero-order valence-corrected chi connectivity index (χ0v) is 18.7. The molecule has 2 aliphatic rings. The zero-order chi connectivity index (χ0) is 22.9. The first-order valence-corrected chi connectivity index (χ1v) is 11.9. The van der Waals surface area contributed by atoms with Crippen LogP contribution in [0.1, 0.15) is 34.9 Å². The van der Waals surface area contributed by atoms with Crippen LogP contribution < -0.4 is 10.6 Å². The van der Waals surface area contributed by atoms with Crippen LogP contribution >= 0.6 is 23.1 Å². The molecule has 2 amide bonds. The van der Waals surface area contributed by atoms with Crippen molar-refractivity contribution in [3.05, 3.63) is 57.8 Å². The highest BCUT2D eigenvalue weighted by Gasteiger charge is 2.45. The Labute approximate surface area is 191 Å². The standard InChI is InChI=1S/C21H21F3N4O2S2/c1-12-4-6-13(7-5-12)15-9-14(16-3-2-8-31-16)27-28(15)19(30)11-32-20-25-17(21(22,23)24)10-18(29)26-20/h2-8,15,17,20,25H,9-11H2,1H3,(H,26,29). The summed E-state index contributed by atoms with van der Waals surface area (Å²) in [6.07, 6.45) is -4.66. The van der Waals surface area contributed by atoms with Crippen molar-refractivity contribution in [3.8, 4) is 0 Å². The maximum Gasteiger partial charge on any atom is 0.404 e. The Balaban J connectivity index is 1.48. The molecule has 170 valence electrons. The van der Waals surface area contributed by atoms with Crippen molar-refractivity contribution in [2.75, 3.05) is 5.75 Å². The number of halogens is 3. The van der Waals surface area contributed by atoms with Crippen LogP contribution in [0.4, 0.5) is 13.2 Å². The summed E-state index contributed by atoms with van der Waals surface area (Å²) < 4.78 is 39.1. The third-order valence-corrected chi connectivity index (χ3v) is 7.16. The maximum atomic E-state index is 13.1. The van der Waals surface area contributed by atoms with Gasteiger partial charge in [-0.15, -0.1) is 23.1 Å². The second-order valence-corrected chi connectivity index (χ2v) is 9.66. The van der Waals surface area contributed by atoms with Gasteiger partial charge in [0.05, 0.1) is 28.8 Å². The van der Waals surface area contributed by atoms with E-state index in [0.717, 1.165) is 33.5 Å². The van der Waals surface area contributed by atoms with Gasteiger partial charge in [-0.2, -0.15) is 18.3 Å². The van der Waals surface area contributed by atoms with E-state index in [-0.39, 0.29) is 17.7 Å². The Bertz CT molecular complexity index is 1010. The second kappa shape index (κ2) is 9.24. The fraction of sp³-hybridized carbons (Fsp3) is 0.381. The number of nitrogens with one attached hydrogen (secondary N) is 2. The molecule has 0 aliphatic carbocycles. The van der Waals surface area contributed by atoms with E-state index >= 15 is 0 Å². The van der Waals surface area contributed by atoms with Crippen molar-refractivity contribution in [1.29, 1.82) is 0 Å². The summed E-state index contributed by atoms with van der Waals surface area (Å²) in [5.74, 6) is -1.17. The maximum absolute atomic E-state index is 13.1. The largest absolute Gasteiger partial charge is 0.404 e. The number of hydrazone groups is 1. The van der Waals surface area contributed by atoms with Gasteiger partial charge in [0.25, 0.3) is 5.91 Å². The topological polar surface area (TPSA) is 73.8 Å². The summed E-state index contributed by atoms with van der Waals surface area (Å²) in [7, 11) is 0. The number of hydrogen-bond acceptors (Lipinski definition) is 6. The van der Waals surface area contributed by atoms with Gasteiger partial charge in [-0.1, -0.05) is 35.9 Å². The molecule has 0 saturated carbocycles. The molecule has 3 atom stereocenters. The second-order valence-electron chi connectivity index (χ2n) is 7.62. The van der Waals surface area contributed by atoms with Crippen LogP contribution in [0.25, 0.3) is 0 Å². The minimum Gasteiger partial charge on any atom is -0.332 e. The van der Waals surface area contributed by atoms with Crippen LogP contribution in [0, 0.1) is 6.92 Å². The van der Waals surface area contributed by atoms with E-state index in [1.165, 1.54) is 16.3 Å². The minimum atomic E-state index is -4.54. The predicted octanol–water partition coefficient (Wildman–Crippen LogP) is 3.79. The third kappa shape index (κ3) is 5.16. The summed E-state index contributed by atoms with van der Waals surface area (Å²) in [6, 6.07) is 9.48. The van der Waals surface area contributed by atoms with Gasteiger partial charge in [-0.25, -0.2) is 5.01 Å². The van der Waals surface area contributed by atoms with Gasteiger partial charge in [-0.05, 0) is 23.9 Å². The van der Waals surface area contributed by atoms with Crippen molar-refractivity contribution >= 4 is 40.6 Å². The minimum absolute atomic E-state index is 0.133. The fourth-order valence-corrected chi connectivity index (χ4v) is 5.21. The normalized spacial score (nSPS) is 23.8. The lowest BCUT2D eigenvalue weighted by molar-refractivity contribution is -0.167. The van der Waals surface area contributed by atoms with Crippen molar-refractivity contribution in [2.45, 2.75) is 43.5 Å². The molecule has 3 unspecified atom stereocenters. The first-order chi connectivity index (χ1) is 15.2. The predicted molar refractivity (Wildman–Crippen MR) is 118 cm³/mol. The molecule has 0 radical (unpaired) electrons. The number of aryl methyl sites for hydroxylation is 1. The molecule has 1 aromatic heterocycles. The third-order valence-electron chi connectivity index (χ3n) is 5.24. The molecule has 2 N–H and O–H groups in total. The van der Waals surface area contributed by atoms with Gasteiger partial charge < -0.3 is 5.32 Å². The number of nitrogens with zero attached hydrogens (tertiary/aromatic N) is 2. The molecule has 6 nitrogen and oxygen atoms in total. The molecule has 3 heterocycles. The molecule has 1 saturated heterocycles. The molecule has 1 aromatic carbocycles. The lowest BCUT2D eigenvalue weighted by Crippen LogP contribution is -2.59. The van der Waals surface area contributed by atoms with Crippen LogP contribution in [-0.2, 0) is 9.59 Å². The SMILES string of the molecule is Cc1ccc(C2CC(c3cccs3)=NN2C(=O)CSC2NC(=O)CC(C(F)(F)F)N2)cc1. The number of amides is 2. The number of carbonyl (C=O) groups is 2. The van der Waals surface area contributed by atoms with Crippen molar-refractivity contribution in [2.24, 2.45) is 5.10 Å². The first-order valence-electron chi connectivity index (χ1n) is 9.94. The Kier molecular flexibility index (Phi) is 6.59. The highest BCUT2D eigenvalue weighted by atomic mass is 32.2. The summed E-state index contributed by atoms with van der Waals surface area (Å²) in [5.41, 5.74) is 1.82. The Hall–Kier alpha value is -2.37. The number of thioether (sulfide) groups is 1. The van der Waals surface area contributed by atoms with Gasteiger partial charge in [0.1, 0.15) is 11.5 Å². The van der Waals surface area contributed by atoms with Crippen LogP contribution in [-0.4, -0.2) is 46.0 Å². The summed E-state index contributed by atoms with van der Waals surface area (Å²) in [4.78, 5) is 25.7. The Morgan fingerprint density at radius 1 is 1.25 bits per heavy atom. The van der Waals surface area contributed by atoms with Crippen LogP contribution in [0.15, 0.2) is 46.9 Å². The van der Waals surface area contributed by atoms with Crippen LogP contribution in [0.2, 0.25) is 0 Å².